The van der Waals surface area contributed by atoms with Gasteiger partial charge in [0.15, 0.2) is 11.6 Å². The third kappa shape index (κ3) is 3.86. The highest BCUT2D eigenvalue weighted by Crippen LogP contribution is 2.57. The molecule has 1 saturated heterocycles. The Kier molecular flexibility index (Phi) is 6.43. The van der Waals surface area contributed by atoms with Crippen LogP contribution in [0, 0.1) is 5.92 Å². The van der Waals surface area contributed by atoms with Crippen molar-refractivity contribution >= 4 is 46.5 Å². The maximum atomic E-state index is 14.6. The average molecular weight is 539 g/mol. The molecule has 1 fully saturated rings. The molecule has 198 valence electrons. The minimum atomic E-state index is -1.27. The molecular weight excluding hydrogens is 508 g/mol. The number of rotatable bonds is 7. The number of carbonyl (C=O) groups excluding carboxylic acids is 3. The zero-order valence-electron chi connectivity index (χ0n) is 22.1. The molecule has 6 heteroatoms. The summed E-state index contributed by atoms with van der Waals surface area (Å²) in [7, 11) is 0. The number of ketones is 2. The van der Waals surface area contributed by atoms with Gasteiger partial charge < -0.3 is 10.2 Å². The van der Waals surface area contributed by atoms with Gasteiger partial charge in [0.2, 0.25) is 5.91 Å². The lowest BCUT2D eigenvalue weighted by Crippen LogP contribution is -2.51. The number of amides is 1. The predicted molar refractivity (Wildman–Crippen MR) is 155 cm³/mol. The zero-order chi connectivity index (χ0) is 27.3. The van der Waals surface area contributed by atoms with E-state index in [-0.39, 0.29) is 17.5 Å². The molecule has 1 spiro atoms. The number of nitrogens with one attached hydrogen (secondary N) is 1. The summed E-state index contributed by atoms with van der Waals surface area (Å²) in [6, 6.07) is 19.4. The van der Waals surface area contributed by atoms with Gasteiger partial charge in [0.1, 0.15) is 5.41 Å². The lowest BCUT2D eigenvalue weighted by atomic mass is 9.64. The number of hydrogen-bond acceptors (Lipinski definition) is 4. The van der Waals surface area contributed by atoms with Gasteiger partial charge in [-0.2, -0.15) is 0 Å². The molecule has 1 N–H and O–H groups in total. The molecule has 0 unspecified atom stereocenters. The minimum Gasteiger partial charge on any atom is -0.352 e. The van der Waals surface area contributed by atoms with Crippen molar-refractivity contribution in [3.8, 4) is 0 Å². The monoisotopic (exact) mass is 538 g/mol. The molecule has 3 heterocycles. The first-order chi connectivity index (χ1) is 18.9. The van der Waals surface area contributed by atoms with Gasteiger partial charge >= 0.3 is 0 Å². The fourth-order valence-electron chi connectivity index (χ4n) is 6.90. The Morgan fingerprint density at radius 3 is 2.54 bits per heavy atom. The first kappa shape index (κ1) is 25.6. The molecule has 0 radical (unpaired) electrons. The number of Topliss-reactive ketones (excluding diaryl/α,β-unsaturated/α-hetero) is 2. The van der Waals surface area contributed by atoms with Gasteiger partial charge in [-0.25, -0.2) is 0 Å². The van der Waals surface area contributed by atoms with Crippen molar-refractivity contribution in [1.82, 2.24) is 0 Å². The molecule has 0 aliphatic carbocycles. The van der Waals surface area contributed by atoms with Crippen LogP contribution in [0.15, 0.2) is 72.8 Å². The van der Waals surface area contributed by atoms with Crippen LogP contribution < -0.4 is 10.2 Å². The Hall–Kier alpha value is -3.70. The summed E-state index contributed by atoms with van der Waals surface area (Å²) in [5.41, 5.74) is 3.53. The molecule has 5 nitrogen and oxygen atoms in total. The molecule has 4 atom stereocenters. The maximum Gasteiger partial charge on any atom is 0.238 e. The number of unbranched alkanes of at least 4 members (excludes halogenated alkanes) is 2. The Balaban J connectivity index is 1.52. The van der Waals surface area contributed by atoms with Gasteiger partial charge in [0.25, 0.3) is 0 Å². The summed E-state index contributed by atoms with van der Waals surface area (Å²) in [5, 5.41) is 3.63. The van der Waals surface area contributed by atoms with Gasteiger partial charge in [0, 0.05) is 22.0 Å². The fraction of sp³-hybridized carbons (Fsp3) is 0.303. The van der Waals surface area contributed by atoms with Crippen LogP contribution in [0.2, 0.25) is 5.02 Å². The Labute approximate surface area is 233 Å². The predicted octanol–water partition coefficient (Wildman–Crippen LogP) is 6.63. The van der Waals surface area contributed by atoms with Crippen molar-refractivity contribution in [2.24, 2.45) is 5.92 Å². The van der Waals surface area contributed by atoms with E-state index < -0.39 is 23.4 Å². The van der Waals surface area contributed by atoms with E-state index in [2.05, 4.69) is 12.2 Å². The standard InChI is InChI=1S/C33H31ClN2O3/c1-3-4-5-8-21-11-13-22(14-12-21)31(38)29-30(20(2)37)36-27-17-16-24(34)19-23(27)15-18-28(36)33(29)25-9-6-7-10-26(25)35-32(33)39/h6-7,9-19,28-30H,3-5,8H2,1-2H3,(H,35,39)/t28-,29+,30+,33-/m1/s1. The molecule has 39 heavy (non-hydrogen) atoms. The van der Waals surface area contributed by atoms with Crippen LogP contribution in [-0.2, 0) is 21.4 Å². The van der Waals surface area contributed by atoms with Crippen LogP contribution in [-0.4, -0.2) is 29.6 Å². The van der Waals surface area contributed by atoms with Crippen molar-refractivity contribution in [3.63, 3.8) is 0 Å². The van der Waals surface area contributed by atoms with Gasteiger partial charge in [-0.05, 0) is 60.7 Å². The van der Waals surface area contributed by atoms with E-state index in [1.807, 2.05) is 77.7 Å². The molecule has 3 aliphatic heterocycles. The number of nitrogens with zero attached hydrogens (tertiary/aromatic N) is 1. The average Bonchev–Trinajstić information content (AvgIpc) is 3.41. The Morgan fingerprint density at radius 2 is 1.79 bits per heavy atom. The van der Waals surface area contributed by atoms with Crippen molar-refractivity contribution in [2.75, 3.05) is 10.2 Å². The maximum absolute atomic E-state index is 14.6. The number of para-hydroxylation sites is 1. The lowest BCUT2D eigenvalue weighted by molar-refractivity contribution is -0.122. The van der Waals surface area contributed by atoms with Crippen molar-refractivity contribution in [3.05, 3.63) is 100 Å². The quantitative estimate of drug-likeness (QED) is 0.271. The second-order valence-corrected chi connectivity index (χ2v) is 11.3. The SMILES string of the molecule is CCCCCc1ccc(C(=O)[C@@H]2[C@H](C(C)=O)N3c4ccc(Cl)cc4C=C[C@@H]3[C@@]23C(=O)Nc2ccccc23)cc1. The van der Waals surface area contributed by atoms with E-state index in [9.17, 15) is 14.4 Å². The van der Waals surface area contributed by atoms with E-state index in [0.29, 0.717) is 16.3 Å². The first-order valence-corrected chi connectivity index (χ1v) is 14.1. The molecular formula is C33H31ClN2O3. The minimum absolute atomic E-state index is 0.153. The number of benzene rings is 3. The number of carbonyl (C=O) groups is 3. The highest BCUT2D eigenvalue weighted by atomic mass is 35.5. The van der Waals surface area contributed by atoms with Crippen molar-refractivity contribution in [2.45, 2.75) is 57.0 Å². The lowest BCUT2D eigenvalue weighted by Gasteiger charge is -2.37. The molecule has 3 aliphatic rings. The number of anilines is 2. The molecule has 0 aromatic heterocycles. The number of aryl methyl sites for hydroxylation is 1. The van der Waals surface area contributed by atoms with Crippen LogP contribution in [0.1, 0.15) is 60.2 Å². The fourth-order valence-corrected chi connectivity index (χ4v) is 7.08. The van der Waals surface area contributed by atoms with Crippen molar-refractivity contribution in [1.29, 1.82) is 0 Å². The third-order valence-electron chi connectivity index (χ3n) is 8.60. The van der Waals surface area contributed by atoms with Crippen LogP contribution in [0.5, 0.6) is 0 Å². The molecule has 0 saturated carbocycles. The van der Waals surface area contributed by atoms with Crippen LogP contribution >= 0.6 is 11.6 Å². The van der Waals surface area contributed by atoms with Gasteiger partial charge in [-0.15, -0.1) is 0 Å². The summed E-state index contributed by atoms with van der Waals surface area (Å²) in [6.07, 6.45) is 8.29. The second-order valence-electron chi connectivity index (χ2n) is 10.8. The van der Waals surface area contributed by atoms with Gasteiger partial charge in [0.05, 0.1) is 18.0 Å². The smallest absolute Gasteiger partial charge is 0.238 e. The zero-order valence-corrected chi connectivity index (χ0v) is 22.9. The Bertz CT molecular complexity index is 1510. The first-order valence-electron chi connectivity index (χ1n) is 13.7. The van der Waals surface area contributed by atoms with Gasteiger partial charge in [-0.3, -0.25) is 14.4 Å². The summed E-state index contributed by atoms with van der Waals surface area (Å²) in [4.78, 5) is 44.2. The highest BCUT2D eigenvalue weighted by molar-refractivity contribution is 6.31. The van der Waals surface area contributed by atoms with Crippen molar-refractivity contribution < 1.29 is 14.4 Å². The summed E-state index contributed by atoms with van der Waals surface area (Å²) in [5.74, 6) is -1.51. The molecule has 3 aromatic rings. The number of halogens is 1. The normalized spacial score (nSPS) is 24.3. The van der Waals surface area contributed by atoms with E-state index in [1.165, 1.54) is 12.5 Å². The third-order valence-corrected chi connectivity index (χ3v) is 8.84. The van der Waals surface area contributed by atoms with E-state index in [1.54, 1.807) is 6.07 Å². The van der Waals surface area contributed by atoms with E-state index in [4.69, 9.17) is 11.6 Å². The topological polar surface area (TPSA) is 66.5 Å². The summed E-state index contributed by atoms with van der Waals surface area (Å²) < 4.78 is 0. The summed E-state index contributed by atoms with van der Waals surface area (Å²) >= 11 is 6.30. The highest BCUT2D eigenvalue weighted by Gasteiger charge is 2.69. The molecule has 0 bridgehead atoms. The summed E-state index contributed by atoms with van der Waals surface area (Å²) in [6.45, 7) is 3.70. The molecule has 1 amide bonds. The van der Waals surface area contributed by atoms with Crippen LogP contribution in [0.4, 0.5) is 11.4 Å². The molecule has 3 aromatic carbocycles. The number of hydrogen-bond donors (Lipinski definition) is 1. The van der Waals surface area contributed by atoms with E-state index in [0.717, 1.165) is 42.5 Å². The van der Waals surface area contributed by atoms with Gasteiger partial charge in [-0.1, -0.05) is 86.0 Å². The van der Waals surface area contributed by atoms with E-state index >= 15 is 0 Å². The van der Waals surface area contributed by atoms with Crippen LogP contribution in [0.3, 0.4) is 0 Å². The van der Waals surface area contributed by atoms with Crippen LogP contribution in [0.25, 0.3) is 6.08 Å². The Morgan fingerprint density at radius 1 is 1.03 bits per heavy atom. The largest absolute Gasteiger partial charge is 0.352 e. The second kappa shape index (κ2) is 9.80. The number of fused-ring (bicyclic) bond motifs is 6. The molecule has 6 rings (SSSR count).